The van der Waals surface area contributed by atoms with E-state index in [2.05, 4.69) is 10.3 Å². The number of para-hydroxylation sites is 1. The Labute approximate surface area is 120 Å². The van der Waals surface area contributed by atoms with Crippen LogP contribution < -0.4 is 5.32 Å². The van der Waals surface area contributed by atoms with Gasteiger partial charge in [0.15, 0.2) is 11.6 Å². The lowest BCUT2D eigenvalue weighted by molar-refractivity contribution is 0.0926. The number of amides is 1. The molecule has 3 rings (SSSR count). The quantitative estimate of drug-likeness (QED) is 0.801. The Morgan fingerprint density at radius 3 is 2.95 bits per heavy atom. The predicted octanol–water partition coefficient (Wildman–Crippen LogP) is 2.28. The second-order valence-electron chi connectivity index (χ2n) is 4.68. The molecule has 0 saturated heterocycles. The lowest BCUT2D eigenvalue weighted by Gasteiger charge is -2.04. The van der Waals surface area contributed by atoms with Crippen molar-refractivity contribution < 1.29 is 13.6 Å². The molecule has 0 aliphatic heterocycles. The number of rotatable bonds is 4. The molecule has 2 aromatic heterocycles. The highest BCUT2D eigenvalue weighted by molar-refractivity contribution is 5.91. The summed E-state index contributed by atoms with van der Waals surface area (Å²) in [6, 6.07) is 8.11. The molecule has 0 bridgehead atoms. The lowest BCUT2D eigenvalue weighted by Crippen LogP contribution is -2.25. The van der Waals surface area contributed by atoms with Gasteiger partial charge in [-0.1, -0.05) is 6.07 Å². The molecule has 0 atom stereocenters. The number of hydrogen-bond donors (Lipinski definition) is 1. The first-order chi connectivity index (χ1) is 10.2. The van der Waals surface area contributed by atoms with Gasteiger partial charge in [0.2, 0.25) is 0 Å². The number of halogens is 1. The molecular weight excluding hydrogens is 273 g/mol. The molecule has 0 unspecified atom stereocenters. The molecule has 2 heterocycles. The van der Waals surface area contributed by atoms with Gasteiger partial charge in [-0.2, -0.15) is 0 Å². The number of benzene rings is 1. The minimum absolute atomic E-state index is 0.269. The van der Waals surface area contributed by atoms with E-state index in [0.717, 1.165) is 11.3 Å². The molecule has 0 spiro atoms. The Hall–Kier alpha value is -2.63. The number of nitrogens with zero attached hydrogens (tertiary/aromatic N) is 2. The summed E-state index contributed by atoms with van der Waals surface area (Å²) < 4.78 is 20.5. The van der Waals surface area contributed by atoms with Crippen molar-refractivity contribution >= 4 is 16.9 Å². The molecule has 0 aliphatic carbocycles. The van der Waals surface area contributed by atoms with E-state index >= 15 is 0 Å². The fourth-order valence-electron chi connectivity index (χ4n) is 2.23. The molecular formula is C15H14FN3O2. The van der Waals surface area contributed by atoms with Crippen molar-refractivity contribution in [2.75, 3.05) is 6.54 Å². The highest BCUT2D eigenvalue weighted by Crippen LogP contribution is 2.17. The molecule has 0 fully saturated rings. The van der Waals surface area contributed by atoms with Crippen LogP contribution in [0.25, 0.3) is 11.0 Å². The van der Waals surface area contributed by atoms with Crippen molar-refractivity contribution in [3.05, 3.63) is 54.0 Å². The summed E-state index contributed by atoms with van der Waals surface area (Å²) in [5.74, 6) is 0.375. The fraction of sp³-hybridized carbons (Fsp3) is 0.200. The Morgan fingerprint density at radius 2 is 2.24 bits per heavy atom. The zero-order valence-electron chi connectivity index (χ0n) is 11.5. The van der Waals surface area contributed by atoms with Gasteiger partial charge >= 0.3 is 0 Å². The van der Waals surface area contributed by atoms with Crippen LogP contribution in [0.2, 0.25) is 0 Å². The third-order valence-corrected chi connectivity index (χ3v) is 3.33. The first-order valence-electron chi connectivity index (χ1n) is 6.58. The Bertz CT molecular complexity index is 778. The number of aromatic nitrogens is 2. The van der Waals surface area contributed by atoms with E-state index in [1.54, 1.807) is 18.2 Å². The van der Waals surface area contributed by atoms with Gasteiger partial charge in [0.05, 0.1) is 11.8 Å². The predicted molar refractivity (Wildman–Crippen MR) is 75.4 cm³/mol. The van der Waals surface area contributed by atoms with E-state index in [0.29, 0.717) is 18.5 Å². The van der Waals surface area contributed by atoms with Crippen LogP contribution in [0.5, 0.6) is 0 Å². The van der Waals surface area contributed by atoms with Crippen LogP contribution in [-0.2, 0) is 13.5 Å². The van der Waals surface area contributed by atoms with Crippen molar-refractivity contribution in [2.45, 2.75) is 6.42 Å². The molecule has 0 radical (unpaired) electrons. The van der Waals surface area contributed by atoms with Gasteiger partial charge < -0.3 is 14.3 Å². The largest absolute Gasteiger partial charge is 0.459 e. The Morgan fingerprint density at radius 1 is 1.38 bits per heavy atom. The van der Waals surface area contributed by atoms with Crippen LogP contribution in [0.1, 0.15) is 16.4 Å². The third kappa shape index (κ3) is 2.52. The first-order valence-corrected chi connectivity index (χ1v) is 6.58. The molecule has 1 amide bonds. The summed E-state index contributed by atoms with van der Waals surface area (Å²) in [6.07, 6.45) is 1.96. The van der Waals surface area contributed by atoms with Gasteiger partial charge in [-0.25, -0.2) is 9.37 Å². The number of hydrogen-bond acceptors (Lipinski definition) is 3. The van der Waals surface area contributed by atoms with Gasteiger partial charge in [0, 0.05) is 20.0 Å². The number of fused-ring (bicyclic) bond motifs is 1. The van der Waals surface area contributed by atoms with Crippen LogP contribution in [0.15, 0.2) is 41.0 Å². The molecule has 21 heavy (non-hydrogen) atoms. The standard InChI is InChI=1S/C15H14FN3O2/c1-19-11-5-2-4-10(16)14(11)18-13(19)7-8-17-15(20)12-6-3-9-21-12/h2-6,9H,7-8H2,1H3,(H,17,20). The van der Waals surface area contributed by atoms with E-state index in [-0.39, 0.29) is 17.5 Å². The normalized spacial score (nSPS) is 11.0. The molecule has 108 valence electrons. The molecule has 1 N–H and O–H groups in total. The molecule has 6 heteroatoms. The molecule has 1 aromatic carbocycles. The maximum Gasteiger partial charge on any atom is 0.286 e. The second-order valence-corrected chi connectivity index (χ2v) is 4.68. The van der Waals surface area contributed by atoms with Crippen molar-refractivity contribution in [3.8, 4) is 0 Å². The zero-order chi connectivity index (χ0) is 14.8. The van der Waals surface area contributed by atoms with Crippen LogP contribution >= 0.6 is 0 Å². The highest BCUT2D eigenvalue weighted by Gasteiger charge is 2.12. The van der Waals surface area contributed by atoms with Crippen LogP contribution in [-0.4, -0.2) is 22.0 Å². The number of imidazole rings is 1. The van der Waals surface area contributed by atoms with Gasteiger partial charge in [-0.3, -0.25) is 4.79 Å². The van der Waals surface area contributed by atoms with E-state index < -0.39 is 0 Å². The lowest BCUT2D eigenvalue weighted by atomic mass is 10.3. The number of carbonyl (C=O) groups is 1. The molecule has 0 aliphatic rings. The van der Waals surface area contributed by atoms with Gasteiger partial charge in [0.1, 0.15) is 11.3 Å². The summed E-state index contributed by atoms with van der Waals surface area (Å²) in [5.41, 5.74) is 1.09. The van der Waals surface area contributed by atoms with E-state index in [4.69, 9.17) is 4.42 Å². The van der Waals surface area contributed by atoms with Crippen LogP contribution in [0, 0.1) is 5.82 Å². The van der Waals surface area contributed by atoms with E-state index in [1.807, 2.05) is 17.7 Å². The highest BCUT2D eigenvalue weighted by atomic mass is 19.1. The van der Waals surface area contributed by atoms with Crippen LogP contribution in [0.3, 0.4) is 0 Å². The SMILES string of the molecule is Cn1c(CCNC(=O)c2ccco2)nc2c(F)cccc21. The maximum atomic E-state index is 13.7. The zero-order valence-corrected chi connectivity index (χ0v) is 11.5. The van der Waals surface area contributed by atoms with E-state index in [9.17, 15) is 9.18 Å². The number of aryl methyl sites for hydroxylation is 1. The van der Waals surface area contributed by atoms with E-state index in [1.165, 1.54) is 12.3 Å². The first kappa shape index (κ1) is 13.4. The minimum atomic E-state index is -0.339. The topological polar surface area (TPSA) is 60.1 Å². The average Bonchev–Trinajstić information content (AvgIpc) is 3.10. The second kappa shape index (κ2) is 5.40. The molecule has 0 saturated carbocycles. The van der Waals surface area contributed by atoms with Crippen molar-refractivity contribution in [1.29, 1.82) is 0 Å². The van der Waals surface area contributed by atoms with Gasteiger partial charge in [-0.15, -0.1) is 0 Å². The third-order valence-electron chi connectivity index (χ3n) is 3.33. The monoisotopic (exact) mass is 287 g/mol. The summed E-state index contributed by atoms with van der Waals surface area (Å²) in [6.45, 7) is 0.401. The summed E-state index contributed by atoms with van der Waals surface area (Å²) in [5, 5.41) is 2.74. The minimum Gasteiger partial charge on any atom is -0.459 e. The van der Waals surface area contributed by atoms with Gasteiger partial charge in [0.25, 0.3) is 5.91 Å². The Balaban J connectivity index is 1.70. The van der Waals surface area contributed by atoms with Crippen molar-refractivity contribution in [1.82, 2.24) is 14.9 Å². The molecule has 3 aromatic rings. The van der Waals surface area contributed by atoms with Crippen molar-refractivity contribution in [3.63, 3.8) is 0 Å². The van der Waals surface area contributed by atoms with Gasteiger partial charge in [-0.05, 0) is 24.3 Å². The fourth-order valence-corrected chi connectivity index (χ4v) is 2.23. The van der Waals surface area contributed by atoms with Crippen LogP contribution in [0.4, 0.5) is 4.39 Å². The number of furan rings is 1. The number of nitrogens with one attached hydrogen (secondary N) is 1. The summed E-state index contributed by atoms with van der Waals surface area (Å²) in [7, 11) is 1.83. The summed E-state index contributed by atoms with van der Waals surface area (Å²) in [4.78, 5) is 16.0. The smallest absolute Gasteiger partial charge is 0.286 e. The molecule has 5 nitrogen and oxygen atoms in total. The average molecular weight is 287 g/mol. The maximum absolute atomic E-state index is 13.7. The number of carbonyl (C=O) groups excluding carboxylic acids is 1. The van der Waals surface area contributed by atoms with Crippen molar-refractivity contribution in [2.24, 2.45) is 7.05 Å². The Kier molecular flexibility index (Phi) is 3.43. The summed E-state index contributed by atoms with van der Waals surface area (Å²) >= 11 is 0.